The number of amides is 1. The van der Waals surface area contributed by atoms with Crippen LogP contribution in [0.3, 0.4) is 0 Å². The van der Waals surface area contributed by atoms with Gasteiger partial charge in [0.1, 0.15) is 11.8 Å². The van der Waals surface area contributed by atoms with E-state index in [1.165, 1.54) is 18.8 Å². The van der Waals surface area contributed by atoms with Crippen molar-refractivity contribution >= 4 is 16.9 Å². The van der Waals surface area contributed by atoms with E-state index in [2.05, 4.69) is 17.4 Å². The molecule has 0 bridgehead atoms. The number of aryl methyl sites for hydroxylation is 1. The highest BCUT2D eigenvalue weighted by molar-refractivity contribution is 5.76. The van der Waals surface area contributed by atoms with Crippen molar-refractivity contribution in [1.82, 2.24) is 5.32 Å². The van der Waals surface area contributed by atoms with Gasteiger partial charge in [0.2, 0.25) is 5.91 Å². The van der Waals surface area contributed by atoms with Crippen LogP contribution in [-0.2, 0) is 16.0 Å². The second kappa shape index (κ2) is 8.62. The van der Waals surface area contributed by atoms with Crippen molar-refractivity contribution in [1.29, 1.82) is 0 Å². The lowest BCUT2D eigenvalue weighted by atomic mass is 9.91. The summed E-state index contributed by atoms with van der Waals surface area (Å²) in [5.74, 6) is -0.0667. The quantitative estimate of drug-likeness (QED) is 0.709. The van der Waals surface area contributed by atoms with Gasteiger partial charge in [0.25, 0.3) is 0 Å². The van der Waals surface area contributed by atoms with E-state index in [4.69, 9.17) is 9.15 Å². The van der Waals surface area contributed by atoms with Gasteiger partial charge in [0, 0.05) is 13.0 Å². The minimum absolute atomic E-state index is 0.0297. The lowest BCUT2D eigenvalue weighted by Crippen LogP contribution is -2.43. The summed E-state index contributed by atoms with van der Waals surface area (Å²) in [5, 5.41) is 3.57. The first-order chi connectivity index (χ1) is 14.1. The molecule has 0 spiro atoms. The zero-order valence-corrected chi connectivity index (χ0v) is 16.5. The number of rotatable bonds is 5. The van der Waals surface area contributed by atoms with Crippen LogP contribution in [0.25, 0.3) is 11.0 Å². The number of ether oxygens (including phenoxy) is 1. The largest absolute Gasteiger partial charge is 0.464 e. The van der Waals surface area contributed by atoms with Gasteiger partial charge in [-0.1, -0.05) is 42.5 Å². The lowest BCUT2D eigenvalue weighted by molar-refractivity contribution is -0.122. The summed E-state index contributed by atoms with van der Waals surface area (Å²) in [7, 11) is 0. The Kier molecular flexibility index (Phi) is 5.76. The molecule has 1 saturated heterocycles. The number of fused-ring (bicyclic) bond motifs is 1. The lowest BCUT2D eigenvalue weighted by Gasteiger charge is -2.35. The van der Waals surface area contributed by atoms with Crippen LogP contribution in [0.1, 0.15) is 43.4 Å². The molecular formula is C24H25NO4. The molecule has 1 N–H and O–H groups in total. The third kappa shape index (κ3) is 4.57. The third-order valence-corrected chi connectivity index (χ3v) is 5.46. The fraction of sp³-hybridized carbons (Fsp3) is 0.333. The van der Waals surface area contributed by atoms with Gasteiger partial charge in [0.05, 0.1) is 23.2 Å². The van der Waals surface area contributed by atoms with E-state index < -0.39 is 6.10 Å². The first-order valence-electron chi connectivity index (χ1n) is 10.1. The molecule has 0 radical (unpaired) electrons. The van der Waals surface area contributed by atoms with Crippen LogP contribution < -0.4 is 10.7 Å². The maximum Gasteiger partial charge on any atom is 0.217 e. The summed E-state index contributed by atoms with van der Waals surface area (Å²) in [5.41, 5.74) is 2.27. The Bertz CT molecular complexity index is 1040. The molecule has 3 atom stereocenters. The molecular weight excluding hydrogens is 366 g/mol. The van der Waals surface area contributed by atoms with Crippen LogP contribution in [0.2, 0.25) is 0 Å². The van der Waals surface area contributed by atoms with Crippen molar-refractivity contribution in [2.75, 3.05) is 0 Å². The van der Waals surface area contributed by atoms with Crippen molar-refractivity contribution in [3.05, 3.63) is 82.2 Å². The maximum absolute atomic E-state index is 13.0. The fourth-order valence-electron chi connectivity index (χ4n) is 4.09. The number of carbonyl (C=O) groups is 1. The molecule has 2 heterocycles. The summed E-state index contributed by atoms with van der Waals surface area (Å²) in [6.45, 7) is 1.52. The normalized spacial score (nSPS) is 21.8. The molecule has 1 fully saturated rings. The second-order valence-corrected chi connectivity index (χ2v) is 7.66. The highest BCUT2D eigenvalue weighted by atomic mass is 16.5. The minimum Gasteiger partial charge on any atom is -0.464 e. The Morgan fingerprint density at radius 3 is 2.62 bits per heavy atom. The van der Waals surface area contributed by atoms with Gasteiger partial charge < -0.3 is 14.5 Å². The summed E-state index contributed by atoms with van der Waals surface area (Å²) < 4.78 is 12.0. The summed E-state index contributed by atoms with van der Waals surface area (Å²) in [4.78, 5) is 24.7. The minimum atomic E-state index is -0.401. The van der Waals surface area contributed by atoms with Gasteiger partial charge in [0.15, 0.2) is 5.43 Å². The molecule has 5 heteroatoms. The molecule has 3 aromatic rings. The number of para-hydroxylation sites is 1. The van der Waals surface area contributed by atoms with Crippen LogP contribution in [0.4, 0.5) is 0 Å². The molecule has 150 valence electrons. The smallest absolute Gasteiger partial charge is 0.217 e. The summed E-state index contributed by atoms with van der Waals surface area (Å²) in [6.07, 6.45) is 4.08. The Balaban J connectivity index is 1.57. The Morgan fingerprint density at radius 2 is 1.83 bits per heavy atom. The molecule has 0 unspecified atom stereocenters. The molecule has 29 heavy (non-hydrogen) atoms. The van der Waals surface area contributed by atoms with Gasteiger partial charge >= 0.3 is 0 Å². The monoisotopic (exact) mass is 391 g/mol. The highest BCUT2D eigenvalue weighted by Crippen LogP contribution is 2.32. The van der Waals surface area contributed by atoms with E-state index in [0.717, 1.165) is 19.3 Å². The molecule has 1 aliphatic heterocycles. The van der Waals surface area contributed by atoms with Crippen LogP contribution in [-0.4, -0.2) is 18.1 Å². The summed E-state index contributed by atoms with van der Waals surface area (Å²) >= 11 is 0. The molecule has 5 nitrogen and oxygen atoms in total. The zero-order chi connectivity index (χ0) is 20.2. The van der Waals surface area contributed by atoms with E-state index in [0.29, 0.717) is 23.0 Å². The van der Waals surface area contributed by atoms with Gasteiger partial charge in [-0.05, 0) is 43.4 Å². The van der Waals surface area contributed by atoms with Crippen molar-refractivity contribution in [2.45, 2.75) is 50.9 Å². The average molecular weight is 391 g/mol. The summed E-state index contributed by atoms with van der Waals surface area (Å²) in [6, 6.07) is 17.5. The highest BCUT2D eigenvalue weighted by Gasteiger charge is 2.32. The molecule has 1 aromatic heterocycles. The Hall–Kier alpha value is -2.92. The van der Waals surface area contributed by atoms with Crippen LogP contribution in [0, 0.1) is 0 Å². The Morgan fingerprint density at radius 1 is 1.07 bits per heavy atom. The molecule has 1 aliphatic rings. The number of hydrogen-bond acceptors (Lipinski definition) is 4. The standard InChI is InChI=1S/C24H25NO4/c1-16(26)25-18-13-19(12-11-17-7-3-2-4-8-17)29-23(14-18)21-15-28-22-10-6-5-9-20(22)24(21)27/h2-10,15,18-19,23H,11-14H2,1H3,(H,25,26)/t18-,19+,23+/m1/s1. The van der Waals surface area contributed by atoms with E-state index in [1.54, 1.807) is 12.1 Å². The topological polar surface area (TPSA) is 68.5 Å². The average Bonchev–Trinajstić information content (AvgIpc) is 2.73. The SMILES string of the molecule is CC(=O)N[C@@H]1C[C@H](CCc2ccccc2)O[C@H](c2coc3ccccc3c2=O)C1. The van der Waals surface area contributed by atoms with E-state index >= 15 is 0 Å². The van der Waals surface area contributed by atoms with Gasteiger partial charge in [-0.2, -0.15) is 0 Å². The van der Waals surface area contributed by atoms with Crippen molar-refractivity contribution in [3.8, 4) is 0 Å². The molecule has 0 aliphatic carbocycles. The number of hydrogen-bond donors (Lipinski definition) is 1. The van der Waals surface area contributed by atoms with E-state index in [-0.39, 0.29) is 23.5 Å². The molecule has 1 amide bonds. The maximum atomic E-state index is 13.0. The number of benzene rings is 2. The van der Waals surface area contributed by atoms with Gasteiger partial charge in [-0.25, -0.2) is 0 Å². The fourth-order valence-corrected chi connectivity index (χ4v) is 4.09. The van der Waals surface area contributed by atoms with Crippen LogP contribution in [0.15, 0.2) is 70.1 Å². The molecule has 0 saturated carbocycles. The van der Waals surface area contributed by atoms with E-state index in [9.17, 15) is 9.59 Å². The number of carbonyl (C=O) groups excluding carboxylic acids is 1. The van der Waals surface area contributed by atoms with Crippen molar-refractivity contribution in [2.24, 2.45) is 0 Å². The first-order valence-corrected chi connectivity index (χ1v) is 10.1. The predicted molar refractivity (Wildman–Crippen MR) is 112 cm³/mol. The van der Waals surface area contributed by atoms with Crippen molar-refractivity contribution in [3.63, 3.8) is 0 Å². The van der Waals surface area contributed by atoms with Crippen LogP contribution in [0.5, 0.6) is 0 Å². The molecule has 4 rings (SSSR count). The van der Waals surface area contributed by atoms with Crippen LogP contribution >= 0.6 is 0 Å². The number of nitrogens with one attached hydrogen (secondary N) is 1. The Labute approximate surface area is 169 Å². The van der Waals surface area contributed by atoms with Gasteiger partial charge in [-0.15, -0.1) is 0 Å². The van der Waals surface area contributed by atoms with Gasteiger partial charge in [-0.3, -0.25) is 9.59 Å². The van der Waals surface area contributed by atoms with E-state index in [1.807, 2.05) is 30.3 Å². The second-order valence-electron chi connectivity index (χ2n) is 7.66. The predicted octanol–water partition coefficient (Wildman–Crippen LogP) is 4.15. The third-order valence-electron chi connectivity index (χ3n) is 5.46. The zero-order valence-electron chi connectivity index (χ0n) is 16.5. The first kappa shape index (κ1) is 19.4. The molecule has 2 aromatic carbocycles. The van der Waals surface area contributed by atoms with Crippen molar-refractivity contribution < 1.29 is 13.9 Å².